The van der Waals surface area contributed by atoms with Crippen LogP contribution in [0.2, 0.25) is 0 Å². The fraction of sp³-hybridized carbons (Fsp3) is 0. The molecule has 0 aliphatic rings. The summed E-state index contributed by atoms with van der Waals surface area (Å²) in [4.78, 5) is 23.1. The summed E-state index contributed by atoms with van der Waals surface area (Å²) in [7, 11) is 0. The van der Waals surface area contributed by atoms with Gasteiger partial charge in [0.05, 0.1) is 22.5 Å². The molecule has 0 aliphatic heterocycles. The standard InChI is InChI=1S/C35H21N7O2S/c36-18-26-30(21-10-3-1-4-11-21)40-33-29(32(41-42(33)31(26)37)38-22-12-5-2-6-13-22)34-39-27(19-45-34)25-17-24-23-14-8-7-9-20(23)15-16-28(24)44-35(25)43/h1-17,19H,37H2,(H,38,41). The number of hydrogen-bond acceptors (Lipinski definition) is 9. The Morgan fingerprint density at radius 3 is 2.44 bits per heavy atom. The lowest BCUT2D eigenvalue weighted by molar-refractivity contribution is 0.563. The highest BCUT2D eigenvalue weighted by Crippen LogP contribution is 2.39. The van der Waals surface area contributed by atoms with E-state index < -0.39 is 5.63 Å². The summed E-state index contributed by atoms with van der Waals surface area (Å²) >= 11 is 1.35. The molecular formula is C35H21N7O2S. The fourth-order valence-corrected chi connectivity index (χ4v) is 6.35. The van der Waals surface area contributed by atoms with Gasteiger partial charge in [-0.2, -0.15) is 9.78 Å². The van der Waals surface area contributed by atoms with E-state index in [1.165, 1.54) is 15.9 Å². The predicted octanol–water partition coefficient (Wildman–Crippen LogP) is 7.64. The lowest BCUT2D eigenvalue weighted by atomic mass is 10.0. The molecule has 10 heteroatoms. The van der Waals surface area contributed by atoms with Crippen molar-refractivity contribution in [2.45, 2.75) is 0 Å². The monoisotopic (exact) mass is 603 g/mol. The highest BCUT2D eigenvalue weighted by atomic mass is 32.1. The number of thiazole rings is 1. The molecule has 0 aliphatic carbocycles. The van der Waals surface area contributed by atoms with E-state index in [0.29, 0.717) is 44.6 Å². The molecular weight excluding hydrogens is 582 g/mol. The van der Waals surface area contributed by atoms with Crippen LogP contribution in [0, 0.1) is 11.3 Å². The van der Waals surface area contributed by atoms with E-state index in [4.69, 9.17) is 25.2 Å². The molecule has 8 rings (SSSR count). The van der Waals surface area contributed by atoms with Crippen LogP contribution in [0.25, 0.3) is 60.5 Å². The topological polar surface area (TPSA) is 135 Å². The van der Waals surface area contributed by atoms with Crippen molar-refractivity contribution >= 4 is 56.0 Å². The average Bonchev–Trinajstić information content (AvgIpc) is 3.70. The van der Waals surface area contributed by atoms with Crippen LogP contribution in [0.4, 0.5) is 17.3 Å². The van der Waals surface area contributed by atoms with E-state index in [-0.39, 0.29) is 11.4 Å². The van der Waals surface area contributed by atoms with Crippen molar-refractivity contribution in [2.24, 2.45) is 0 Å². The van der Waals surface area contributed by atoms with Crippen molar-refractivity contribution in [2.75, 3.05) is 11.1 Å². The molecule has 4 aromatic carbocycles. The summed E-state index contributed by atoms with van der Waals surface area (Å²) < 4.78 is 7.22. The maximum Gasteiger partial charge on any atom is 0.345 e. The van der Waals surface area contributed by atoms with Gasteiger partial charge in [-0.15, -0.1) is 16.4 Å². The minimum Gasteiger partial charge on any atom is -0.422 e. The molecule has 214 valence electrons. The summed E-state index contributed by atoms with van der Waals surface area (Å²) in [5, 5.41) is 23.4. The summed E-state index contributed by atoms with van der Waals surface area (Å²) in [5.41, 5.74) is 10.6. The second-order valence-electron chi connectivity index (χ2n) is 10.3. The van der Waals surface area contributed by atoms with E-state index in [2.05, 4.69) is 11.4 Å². The average molecular weight is 604 g/mol. The molecule has 0 bridgehead atoms. The maximum atomic E-state index is 13.2. The predicted molar refractivity (Wildman–Crippen MR) is 177 cm³/mol. The molecule has 4 heterocycles. The third kappa shape index (κ3) is 4.38. The maximum absolute atomic E-state index is 13.2. The van der Waals surface area contributed by atoms with Crippen molar-refractivity contribution in [3.63, 3.8) is 0 Å². The van der Waals surface area contributed by atoms with Gasteiger partial charge in [0.25, 0.3) is 0 Å². The Bertz CT molecular complexity index is 2510. The number of nitrogens with one attached hydrogen (secondary N) is 1. The molecule has 0 saturated heterocycles. The Morgan fingerprint density at radius 1 is 0.889 bits per heavy atom. The van der Waals surface area contributed by atoms with Gasteiger partial charge in [-0.25, -0.2) is 14.8 Å². The van der Waals surface area contributed by atoms with Crippen LogP contribution in [-0.4, -0.2) is 19.6 Å². The van der Waals surface area contributed by atoms with Crippen LogP contribution in [0.1, 0.15) is 5.56 Å². The second kappa shape index (κ2) is 10.4. The molecule has 0 spiro atoms. The molecule has 4 aromatic heterocycles. The first-order valence-corrected chi connectivity index (χ1v) is 14.9. The zero-order valence-electron chi connectivity index (χ0n) is 23.4. The number of nitrogens with zero attached hydrogens (tertiary/aromatic N) is 5. The summed E-state index contributed by atoms with van der Waals surface area (Å²) in [6, 6.07) is 34.7. The van der Waals surface area contributed by atoms with Crippen molar-refractivity contribution < 1.29 is 4.42 Å². The van der Waals surface area contributed by atoms with Crippen molar-refractivity contribution in [1.29, 1.82) is 5.26 Å². The lowest BCUT2D eigenvalue weighted by Crippen LogP contribution is -2.06. The third-order valence-electron chi connectivity index (χ3n) is 7.63. The Labute approximate surface area is 259 Å². The molecule has 0 amide bonds. The molecule has 0 atom stereocenters. The first-order valence-electron chi connectivity index (χ1n) is 14.0. The largest absolute Gasteiger partial charge is 0.422 e. The summed E-state index contributed by atoms with van der Waals surface area (Å²) in [6.45, 7) is 0. The number of rotatable bonds is 5. The van der Waals surface area contributed by atoms with Gasteiger partial charge in [0.1, 0.15) is 28.0 Å². The van der Waals surface area contributed by atoms with Crippen LogP contribution in [0.5, 0.6) is 0 Å². The molecule has 0 fully saturated rings. The number of anilines is 3. The zero-order chi connectivity index (χ0) is 30.5. The summed E-state index contributed by atoms with van der Waals surface area (Å²) in [5.74, 6) is 0.606. The van der Waals surface area contributed by atoms with Crippen LogP contribution in [0.3, 0.4) is 0 Å². The van der Waals surface area contributed by atoms with Crippen LogP contribution in [-0.2, 0) is 0 Å². The van der Waals surface area contributed by atoms with E-state index in [9.17, 15) is 10.1 Å². The SMILES string of the molecule is N#Cc1c(-c2ccccc2)nc2c(-c3nc(-c4cc5c(ccc6ccccc65)oc4=O)cs3)c(Nc3ccccc3)nn2c1N. The van der Waals surface area contributed by atoms with Gasteiger partial charge in [0.2, 0.25) is 0 Å². The second-order valence-corrected chi connectivity index (χ2v) is 11.2. The highest BCUT2D eigenvalue weighted by molar-refractivity contribution is 7.13. The summed E-state index contributed by atoms with van der Waals surface area (Å²) in [6.07, 6.45) is 0. The van der Waals surface area contributed by atoms with Gasteiger partial charge in [0, 0.05) is 22.0 Å². The van der Waals surface area contributed by atoms with Crippen molar-refractivity contribution in [3.8, 4) is 39.2 Å². The van der Waals surface area contributed by atoms with Crippen molar-refractivity contribution in [3.05, 3.63) is 124 Å². The minimum absolute atomic E-state index is 0.155. The van der Waals surface area contributed by atoms with Gasteiger partial charge in [-0.1, -0.05) is 78.9 Å². The van der Waals surface area contributed by atoms with Crippen LogP contribution in [0.15, 0.2) is 118 Å². The van der Waals surface area contributed by atoms with Crippen LogP contribution >= 0.6 is 11.3 Å². The Balaban J connectivity index is 1.35. The Morgan fingerprint density at radius 2 is 1.64 bits per heavy atom. The number of benzene rings is 4. The zero-order valence-corrected chi connectivity index (χ0v) is 24.2. The molecule has 45 heavy (non-hydrogen) atoms. The number of nitrogens with two attached hydrogens (primary N) is 1. The third-order valence-corrected chi connectivity index (χ3v) is 8.49. The number of fused-ring (bicyclic) bond motifs is 4. The molecule has 0 radical (unpaired) electrons. The number of nitriles is 1. The number of nitrogen functional groups attached to an aromatic ring is 1. The first-order chi connectivity index (χ1) is 22.1. The fourth-order valence-electron chi connectivity index (χ4n) is 5.49. The molecule has 9 nitrogen and oxygen atoms in total. The first kappa shape index (κ1) is 26.3. The number of aromatic nitrogens is 4. The van der Waals surface area contributed by atoms with Crippen LogP contribution < -0.4 is 16.7 Å². The molecule has 8 aromatic rings. The molecule has 3 N–H and O–H groups in total. The van der Waals surface area contributed by atoms with E-state index in [1.54, 1.807) is 0 Å². The number of para-hydroxylation sites is 1. The lowest BCUT2D eigenvalue weighted by Gasteiger charge is -2.08. The highest BCUT2D eigenvalue weighted by Gasteiger charge is 2.25. The quantitative estimate of drug-likeness (QED) is 0.151. The van der Waals surface area contributed by atoms with E-state index in [1.807, 2.05) is 109 Å². The molecule has 0 unspecified atom stereocenters. The smallest absolute Gasteiger partial charge is 0.345 e. The Hall–Kier alpha value is -6.31. The van der Waals surface area contributed by atoms with Gasteiger partial charge < -0.3 is 15.5 Å². The minimum atomic E-state index is -0.482. The van der Waals surface area contributed by atoms with E-state index >= 15 is 0 Å². The Kier molecular flexibility index (Phi) is 6.11. The van der Waals surface area contributed by atoms with Gasteiger partial charge >= 0.3 is 5.63 Å². The normalized spacial score (nSPS) is 11.3. The van der Waals surface area contributed by atoms with Gasteiger partial charge in [-0.05, 0) is 35.0 Å². The van der Waals surface area contributed by atoms with Crippen molar-refractivity contribution in [1.82, 2.24) is 19.6 Å². The van der Waals surface area contributed by atoms with E-state index in [0.717, 1.165) is 27.4 Å². The van der Waals surface area contributed by atoms with Gasteiger partial charge in [0.15, 0.2) is 11.5 Å². The molecule has 0 saturated carbocycles. The van der Waals surface area contributed by atoms with Gasteiger partial charge in [-0.3, -0.25) is 0 Å². The number of hydrogen-bond donors (Lipinski definition) is 2.